The molecule has 1 unspecified atom stereocenters. The second kappa shape index (κ2) is 5.67. The Hall–Kier alpha value is -1.13. The third-order valence-corrected chi connectivity index (χ3v) is 3.76. The number of halogens is 1. The lowest BCUT2D eigenvalue weighted by Gasteiger charge is -2.17. The first kappa shape index (κ1) is 13.3. The molecule has 0 aliphatic carbocycles. The predicted molar refractivity (Wildman–Crippen MR) is 77.6 cm³/mol. The molecular weight excluding hydrogens is 290 g/mol. The summed E-state index contributed by atoms with van der Waals surface area (Å²) < 4.78 is 3.00. The van der Waals surface area contributed by atoms with Gasteiger partial charge in [0.2, 0.25) is 0 Å². The monoisotopic (exact) mass is 307 g/mol. The molecule has 0 radical (unpaired) electrons. The average Bonchev–Trinajstić information content (AvgIpc) is 2.72. The Bertz CT molecular complexity index is 534. The Kier molecular flexibility index (Phi) is 4.19. The van der Waals surface area contributed by atoms with Crippen molar-refractivity contribution in [2.75, 3.05) is 7.05 Å². The van der Waals surface area contributed by atoms with E-state index in [2.05, 4.69) is 57.7 Å². The van der Waals surface area contributed by atoms with Crippen LogP contribution in [-0.2, 0) is 13.5 Å². The van der Waals surface area contributed by atoms with Crippen LogP contribution in [0.25, 0.3) is 0 Å². The van der Waals surface area contributed by atoms with E-state index >= 15 is 0 Å². The lowest BCUT2D eigenvalue weighted by atomic mass is 10.00. The Morgan fingerprint density at radius 1 is 1.44 bits per heavy atom. The summed E-state index contributed by atoms with van der Waals surface area (Å²) in [6.07, 6.45) is 4.92. The lowest BCUT2D eigenvalue weighted by Crippen LogP contribution is -2.19. The van der Waals surface area contributed by atoms with E-state index in [0.29, 0.717) is 6.04 Å². The molecule has 3 nitrogen and oxygen atoms in total. The minimum Gasteiger partial charge on any atom is -0.313 e. The van der Waals surface area contributed by atoms with Gasteiger partial charge in [-0.15, -0.1) is 0 Å². The van der Waals surface area contributed by atoms with Gasteiger partial charge in [-0.2, -0.15) is 5.10 Å². The maximum absolute atomic E-state index is 4.21. The van der Waals surface area contributed by atoms with E-state index < -0.39 is 0 Å². The van der Waals surface area contributed by atoms with Gasteiger partial charge in [0, 0.05) is 23.8 Å². The molecule has 1 N–H and O–H groups in total. The van der Waals surface area contributed by atoms with Gasteiger partial charge in [0.1, 0.15) is 0 Å². The summed E-state index contributed by atoms with van der Waals surface area (Å²) in [4.78, 5) is 0. The van der Waals surface area contributed by atoms with Crippen molar-refractivity contribution < 1.29 is 0 Å². The second-order valence-corrected chi connectivity index (χ2v) is 5.45. The Morgan fingerprint density at radius 3 is 2.78 bits per heavy atom. The molecule has 1 heterocycles. The Labute approximate surface area is 116 Å². The molecule has 0 saturated heterocycles. The molecule has 0 fully saturated rings. The first-order valence-corrected chi connectivity index (χ1v) is 6.80. The van der Waals surface area contributed by atoms with Crippen molar-refractivity contribution in [1.82, 2.24) is 15.1 Å². The van der Waals surface area contributed by atoms with Crippen LogP contribution in [0.5, 0.6) is 0 Å². The van der Waals surface area contributed by atoms with Gasteiger partial charge >= 0.3 is 0 Å². The summed E-state index contributed by atoms with van der Waals surface area (Å²) in [5.74, 6) is 0. The number of aromatic nitrogens is 2. The van der Waals surface area contributed by atoms with Crippen LogP contribution in [0.2, 0.25) is 0 Å². The normalized spacial score (nSPS) is 12.7. The topological polar surface area (TPSA) is 29.9 Å². The zero-order valence-electron chi connectivity index (χ0n) is 10.9. The standard InChI is InChI=1S/C14H18BrN3/c1-10-4-5-12(13(15)6-10)14(16-2)7-11-8-17-18(3)9-11/h4-6,8-9,14,16H,7H2,1-3H3. The van der Waals surface area contributed by atoms with E-state index in [4.69, 9.17) is 0 Å². The van der Waals surface area contributed by atoms with Crippen molar-refractivity contribution in [3.63, 3.8) is 0 Å². The van der Waals surface area contributed by atoms with Gasteiger partial charge in [-0.05, 0) is 43.1 Å². The SMILES string of the molecule is CNC(Cc1cnn(C)c1)c1ccc(C)cc1Br. The third-order valence-electron chi connectivity index (χ3n) is 3.08. The molecule has 96 valence electrons. The van der Waals surface area contributed by atoms with Gasteiger partial charge in [0.15, 0.2) is 0 Å². The van der Waals surface area contributed by atoms with Crippen molar-refractivity contribution in [2.24, 2.45) is 7.05 Å². The zero-order valence-corrected chi connectivity index (χ0v) is 12.5. The van der Waals surface area contributed by atoms with Gasteiger partial charge < -0.3 is 5.32 Å². The van der Waals surface area contributed by atoms with Gasteiger partial charge in [-0.1, -0.05) is 28.1 Å². The molecule has 2 rings (SSSR count). The molecule has 0 spiro atoms. The van der Waals surface area contributed by atoms with Gasteiger partial charge in [-0.25, -0.2) is 0 Å². The number of benzene rings is 1. The zero-order chi connectivity index (χ0) is 13.1. The number of nitrogens with one attached hydrogen (secondary N) is 1. The molecule has 1 atom stereocenters. The highest BCUT2D eigenvalue weighted by atomic mass is 79.9. The number of hydrogen-bond acceptors (Lipinski definition) is 2. The maximum atomic E-state index is 4.21. The van der Waals surface area contributed by atoms with E-state index in [1.807, 2.05) is 25.0 Å². The molecular formula is C14H18BrN3. The molecule has 0 aliphatic heterocycles. The van der Waals surface area contributed by atoms with Crippen molar-refractivity contribution >= 4 is 15.9 Å². The van der Waals surface area contributed by atoms with E-state index in [9.17, 15) is 0 Å². The van der Waals surface area contributed by atoms with Crippen LogP contribution >= 0.6 is 15.9 Å². The highest BCUT2D eigenvalue weighted by Crippen LogP contribution is 2.26. The Morgan fingerprint density at radius 2 is 2.22 bits per heavy atom. The number of nitrogens with zero attached hydrogens (tertiary/aromatic N) is 2. The molecule has 0 bridgehead atoms. The highest BCUT2D eigenvalue weighted by Gasteiger charge is 2.14. The van der Waals surface area contributed by atoms with Crippen LogP contribution in [0.4, 0.5) is 0 Å². The van der Waals surface area contributed by atoms with E-state index in [1.54, 1.807) is 0 Å². The summed E-state index contributed by atoms with van der Waals surface area (Å²) in [7, 11) is 3.94. The maximum Gasteiger partial charge on any atom is 0.0522 e. The second-order valence-electron chi connectivity index (χ2n) is 4.59. The smallest absolute Gasteiger partial charge is 0.0522 e. The fraction of sp³-hybridized carbons (Fsp3) is 0.357. The van der Waals surface area contributed by atoms with E-state index in [-0.39, 0.29) is 0 Å². The van der Waals surface area contributed by atoms with Crippen molar-refractivity contribution in [3.8, 4) is 0 Å². The fourth-order valence-electron chi connectivity index (χ4n) is 2.10. The molecule has 0 amide bonds. The summed E-state index contributed by atoms with van der Waals surface area (Å²) in [6, 6.07) is 6.78. The third kappa shape index (κ3) is 3.00. The molecule has 18 heavy (non-hydrogen) atoms. The van der Waals surface area contributed by atoms with Gasteiger partial charge in [0.25, 0.3) is 0 Å². The van der Waals surface area contributed by atoms with E-state index in [0.717, 1.165) is 10.9 Å². The minimum atomic E-state index is 0.296. The quantitative estimate of drug-likeness (QED) is 0.941. The van der Waals surface area contributed by atoms with Gasteiger partial charge in [0.05, 0.1) is 6.20 Å². The minimum absolute atomic E-state index is 0.296. The van der Waals surface area contributed by atoms with Crippen LogP contribution in [0.15, 0.2) is 35.1 Å². The molecule has 2 aromatic rings. The number of aryl methyl sites for hydroxylation is 2. The largest absolute Gasteiger partial charge is 0.313 e. The molecule has 1 aromatic heterocycles. The summed E-state index contributed by atoms with van der Waals surface area (Å²) in [6.45, 7) is 2.10. The van der Waals surface area contributed by atoms with Gasteiger partial charge in [-0.3, -0.25) is 4.68 Å². The van der Waals surface area contributed by atoms with Crippen LogP contribution in [0, 0.1) is 6.92 Å². The number of hydrogen-bond donors (Lipinski definition) is 1. The molecule has 0 saturated carbocycles. The van der Waals surface area contributed by atoms with Crippen molar-refractivity contribution in [1.29, 1.82) is 0 Å². The van der Waals surface area contributed by atoms with Crippen molar-refractivity contribution in [3.05, 3.63) is 51.8 Å². The Balaban J connectivity index is 2.22. The molecule has 1 aromatic carbocycles. The average molecular weight is 308 g/mol. The van der Waals surface area contributed by atoms with Crippen LogP contribution < -0.4 is 5.32 Å². The fourth-order valence-corrected chi connectivity index (χ4v) is 2.86. The van der Waals surface area contributed by atoms with Crippen LogP contribution in [0.3, 0.4) is 0 Å². The van der Waals surface area contributed by atoms with Crippen LogP contribution in [0.1, 0.15) is 22.7 Å². The number of rotatable bonds is 4. The molecule has 0 aliphatic rings. The summed E-state index contributed by atoms with van der Waals surface area (Å²) in [5, 5.41) is 7.58. The first-order valence-electron chi connectivity index (χ1n) is 6.01. The number of likely N-dealkylation sites (N-methyl/N-ethyl adjacent to an activating group) is 1. The summed E-state index contributed by atoms with van der Waals surface area (Å²) in [5.41, 5.74) is 3.79. The molecule has 4 heteroatoms. The first-order chi connectivity index (χ1) is 8.60. The van der Waals surface area contributed by atoms with E-state index in [1.165, 1.54) is 16.7 Å². The predicted octanol–water partition coefficient (Wildman–Crippen LogP) is 2.99. The lowest BCUT2D eigenvalue weighted by molar-refractivity contribution is 0.589. The van der Waals surface area contributed by atoms with Crippen molar-refractivity contribution in [2.45, 2.75) is 19.4 Å². The summed E-state index contributed by atoms with van der Waals surface area (Å²) >= 11 is 3.65. The van der Waals surface area contributed by atoms with Crippen LogP contribution in [-0.4, -0.2) is 16.8 Å². The highest BCUT2D eigenvalue weighted by molar-refractivity contribution is 9.10.